The van der Waals surface area contributed by atoms with E-state index in [2.05, 4.69) is 36.4 Å². The Bertz CT molecular complexity index is 1040. The molecule has 4 rings (SSSR count). The Morgan fingerprint density at radius 1 is 1.24 bits per heavy atom. The van der Waals surface area contributed by atoms with Crippen molar-refractivity contribution < 1.29 is 0 Å². The van der Waals surface area contributed by atoms with E-state index in [0.717, 1.165) is 27.9 Å². The Morgan fingerprint density at radius 3 is 3.08 bits per heavy atom. The molecule has 0 atom stereocenters. The molecule has 7 nitrogen and oxygen atoms in total. The van der Waals surface area contributed by atoms with Crippen LogP contribution in [0.1, 0.15) is 22.8 Å². The number of aromatic amines is 2. The summed E-state index contributed by atoms with van der Waals surface area (Å²) in [6.45, 7) is 0. The number of H-pyrrole nitrogens is 2. The third-order valence-electron chi connectivity index (χ3n) is 3.80. The van der Waals surface area contributed by atoms with Crippen LogP contribution in [0.5, 0.6) is 0 Å². The summed E-state index contributed by atoms with van der Waals surface area (Å²) < 4.78 is 0. The average molecular weight is 329 g/mol. The molecule has 1 aromatic carbocycles. The van der Waals surface area contributed by atoms with Crippen molar-refractivity contribution in [1.29, 1.82) is 5.41 Å². The number of nitrogens with zero attached hydrogens (tertiary/aromatic N) is 4. The lowest BCUT2D eigenvalue weighted by molar-refractivity contribution is 0.973. The van der Waals surface area contributed by atoms with E-state index in [1.807, 2.05) is 24.3 Å². The molecule has 3 heterocycles. The number of hydrogen-bond donors (Lipinski definition) is 3. The van der Waals surface area contributed by atoms with Gasteiger partial charge >= 0.3 is 0 Å². The van der Waals surface area contributed by atoms with Crippen molar-refractivity contribution in [2.75, 3.05) is 0 Å². The van der Waals surface area contributed by atoms with E-state index >= 15 is 0 Å². The summed E-state index contributed by atoms with van der Waals surface area (Å²) >= 11 is 0. The molecule has 7 heteroatoms. The fourth-order valence-corrected chi connectivity index (χ4v) is 2.54. The fraction of sp³-hybridized carbons (Fsp3) is 0.0556. The van der Waals surface area contributed by atoms with Gasteiger partial charge in [0.05, 0.1) is 17.4 Å². The first kappa shape index (κ1) is 14.9. The topological polar surface area (TPSA) is 107 Å². The van der Waals surface area contributed by atoms with E-state index in [1.165, 1.54) is 0 Å². The van der Waals surface area contributed by atoms with Crippen molar-refractivity contribution in [2.45, 2.75) is 6.42 Å². The highest BCUT2D eigenvalue weighted by molar-refractivity contribution is 6.08. The zero-order valence-electron chi connectivity index (χ0n) is 13.3. The fourth-order valence-electron chi connectivity index (χ4n) is 2.54. The number of allylic oxidation sites excluding steroid dienone is 1. The molecular formula is C18H15N7. The Kier molecular flexibility index (Phi) is 3.88. The van der Waals surface area contributed by atoms with Crippen LogP contribution >= 0.6 is 0 Å². The highest BCUT2D eigenvalue weighted by atomic mass is 15.2. The number of nitrogens with one attached hydrogen (secondary N) is 3. The van der Waals surface area contributed by atoms with Gasteiger partial charge < -0.3 is 5.41 Å². The minimum atomic E-state index is 0.349. The quantitative estimate of drug-likeness (QED) is 0.489. The standard InChI is InChI=1S/C18H15N7/c19-15(14-10-21-22-11-14)4-6-17-23-18(25-24-17)9-12-3-5-16-13(8-12)2-1-7-20-16/h1-8,10-11,19H,9H2,(H,21,22)(H,23,24,25)/b6-4-,19-15?. The van der Waals surface area contributed by atoms with E-state index in [4.69, 9.17) is 5.41 Å². The second-order valence-corrected chi connectivity index (χ2v) is 5.58. The Hall–Kier alpha value is -3.61. The number of benzene rings is 1. The summed E-state index contributed by atoms with van der Waals surface area (Å²) in [4.78, 5) is 8.77. The lowest BCUT2D eigenvalue weighted by Crippen LogP contribution is -1.92. The lowest BCUT2D eigenvalue weighted by Gasteiger charge is -2.00. The smallest absolute Gasteiger partial charge is 0.173 e. The van der Waals surface area contributed by atoms with Crippen LogP contribution in [0.15, 0.2) is 55.0 Å². The van der Waals surface area contributed by atoms with Crippen molar-refractivity contribution in [3.05, 3.63) is 77.8 Å². The van der Waals surface area contributed by atoms with Gasteiger partial charge in [0.15, 0.2) is 5.82 Å². The Morgan fingerprint density at radius 2 is 2.20 bits per heavy atom. The highest BCUT2D eigenvalue weighted by Crippen LogP contribution is 2.15. The predicted molar refractivity (Wildman–Crippen MR) is 95.4 cm³/mol. The van der Waals surface area contributed by atoms with Crippen molar-refractivity contribution in [3.63, 3.8) is 0 Å². The van der Waals surface area contributed by atoms with Crippen molar-refractivity contribution in [3.8, 4) is 0 Å². The first-order valence-electron chi connectivity index (χ1n) is 7.79. The van der Waals surface area contributed by atoms with Gasteiger partial charge in [-0.15, -0.1) is 0 Å². The molecule has 0 fully saturated rings. The van der Waals surface area contributed by atoms with Gasteiger partial charge in [-0.25, -0.2) is 4.98 Å². The largest absolute Gasteiger partial charge is 0.300 e. The van der Waals surface area contributed by atoms with Gasteiger partial charge in [0.1, 0.15) is 5.82 Å². The van der Waals surface area contributed by atoms with E-state index < -0.39 is 0 Å². The molecule has 0 saturated heterocycles. The molecular weight excluding hydrogens is 314 g/mol. The van der Waals surface area contributed by atoms with Crippen LogP contribution in [0.2, 0.25) is 0 Å². The van der Waals surface area contributed by atoms with Crippen LogP contribution in [0.4, 0.5) is 0 Å². The van der Waals surface area contributed by atoms with Crippen LogP contribution in [0.25, 0.3) is 17.0 Å². The molecule has 0 aliphatic rings. The molecule has 0 saturated carbocycles. The molecule has 0 unspecified atom stereocenters. The maximum absolute atomic E-state index is 7.94. The molecule has 0 aliphatic carbocycles. The van der Waals surface area contributed by atoms with Gasteiger partial charge in [-0.2, -0.15) is 10.2 Å². The SMILES string of the molecule is N=C(/C=C\c1n[nH]c(Cc2ccc3ncccc3c2)n1)c1cn[nH]c1. The summed E-state index contributed by atoms with van der Waals surface area (Å²) in [6, 6.07) is 10.1. The molecule has 25 heavy (non-hydrogen) atoms. The Balaban J connectivity index is 1.48. The number of pyridine rings is 1. The summed E-state index contributed by atoms with van der Waals surface area (Å²) in [5.74, 6) is 1.32. The molecule has 0 radical (unpaired) electrons. The highest BCUT2D eigenvalue weighted by Gasteiger charge is 2.04. The molecule has 0 aliphatic heterocycles. The van der Waals surface area contributed by atoms with Crippen LogP contribution in [0.3, 0.4) is 0 Å². The molecule has 3 N–H and O–H groups in total. The molecule has 3 aromatic heterocycles. The third-order valence-corrected chi connectivity index (χ3v) is 3.80. The number of rotatable bonds is 5. The van der Waals surface area contributed by atoms with Crippen LogP contribution in [-0.2, 0) is 6.42 Å². The zero-order chi connectivity index (χ0) is 17.1. The number of hydrogen-bond acceptors (Lipinski definition) is 5. The minimum absolute atomic E-state index is 0.349. The maximum atomic E-state index is 7.94. The van der Waals surface area contributed by atoms with Gasteiger partial charge in [-0.1, -0.05) is 12.1 Å². The molecule has 122 valence electrons. The molecule has 4 aromatic rings. The summed E-state index contributed by atoms with van der Waals surface area (Å²) in [5.41, 5.74) is 3.18. The average Bonchev–Trinajstić information content (AvgIpc) is 3.32. The van der Waals surface area contributed by atoms with Gasteiger partial charge in [0.2, 0.25) is 0 Å². The molecule has 0 bridgehead atoms. The number of fused-ring (bicyclic) bond motifs is 1. The Labute approximate surface area is 143 Å². The summed E-state index contributed by atoms with van der Waals surface area (Å²) in [7, 11) is 0. The van der Waals surface area contributed by atoms with Crippen molar-refractivity contribution in [1.82, 2.24) is 30.4 Å². The predicted octanol–water partition coefficient (Wildman–Crippen LogP) is 2.75. The zero-order valence-corrected chi connectivity index (χ0v) is 13.3. The summed E-state index contributed by atoms with van der Waals surface area (Å²) in [5, 5.41) is 22.7. The van der Waals surface area contributed by atoms with E-state index in [-0.39, 0.29) is 0 Å². The van der Waals surface area contributed by atoms with Crippen LogP contribution in [0, 0.1) is 5.41 Å². The first-order valence-corrected chi connectivity index (χ1v) is 7.79. The van der Waals surface area contributed by atoms with Crippen LogP contribution in [-0.4, -0.2) is 36.1 Å². The second kappa shape index (κ2) is 6.48. The lowest BCUT2D eigenvalue weighted by atomic mass is 10.1. The maximum Gasteiger partial charge on any atom is 0.173 e. The molecule has 0 spiro atoms. The van der Waals surface area contributed by atoms with Crippen molar-refractivity contribution in [2.24, 2.45) is 0 Å². The van der Waals surface area contributed by atoms with Gasteiger partial charge in [-0.05, 0) is 35.9 Å². The van der Waals surface area contributed by atoms with E-state index in [0.29, 0.717) is 18.0 Å². The van der Waals surface area contributed by atoms with Gasteiger partial charge in [-0.3, -0.25) is 15.2 Å². The van der Waals surface area contributed by atoms with E-state index in [9.17, 15) is 0 Å². The van der Waals surface area contributed by atoms with E-state index in [1.54, 1.807) is 30.7 Å². The monoisotopic (exact) mass is 329 g/mol. The summed E-state index contributed by atoms with van der Waals surface area (Å²) in [6.07, 6.45) is 9.08. The molecule has 0 amide bonds. The third kappa shape index (κ3) is 3.35. The normalized spacial score (nSPS) is 11.4. The van der Waals surface area contributed by atoms with Gasteiger partial charge in [0, 0.05) is 29.8 Å². The van der Waals surface area contributed by atoms with Gasteiger partial charge in [0.25, 0.3) is 0 Å². The first-order chi connectivity index (χ1) is 12.3. The minimum Gasteiger partial charge on any atom is -0.300 e. The van der Waals surface area contributed by atoms with Crippen LogP contribution < -0.4 is 0 Å². The number of aromatic nitrogens is 6. The van der Waals surface area contributed by atoms with Crippen molar-refractivity contribution >= 4 is 22.7 Å². The second-order valence-electron chi connectivity index (χ2n) is 5.58.